The lowest BCUT2D eigenvalue weighted by molar-refractivity contribution is -0.150. The van der Waals surface area contributed by atoms with E-state index in [2.05, 4.69) is 38.5 Å². The second kappa shape index (κ2) is 10.6. The number of carbonyl (C=O) groups is 2. The Hall–Kier alpha value is -1.31. The zero-order chi connectivity index (χ0) is 27.4. The average molecular weight is 713 g/mol. The van der Waals surface area contributed by atoms with E-state index in [9.17, 15) is 19.5 Å². The van der Waals surface area contributed by atoms with Gasteiger partial charge in [0.05, 0.1) is 37.4 Å². The summed E-state index contributed by atoms with van der Waals surface area (Å²) in [5.41, 5.74) is 0.983. The molecule has 0 saturated carbocycles. The Kier molecular flexibility index (Phi) is 7.86. The summed E-state index contributed by atoms with van der Waals surface area (Å²) in [6.07, 6.45) is 1.13. The number of hydrogen-bond acceptors (Lipinski definition) is 5. The van der Waals surface area contributed by atoms with Crippen molar-refractivity contribution in [1.29, 1.82) is 0 Å². The summed E-state index contributed by atoms with van der Waals surface area (Å²) < 4.78 is 8.76. The summed E-state index contributed by atoms with van der Waals surface area (Å²) in [4.78, 5) is 42.8. The molecule has 38 heavy (non-hydrogen) atoms. The molecule has 0 unspecified atom stereocenters. The van der Waals surface area contributed by atoms with Crippen LogP contribution >= 0.6 is 38.5 Å². The molecule has 0 radical (unpaired) electrons. The smallest absolute Gasteiger partial charge is 0.264 e. The second-order valence-corrected chi connectivity index (χ2v) is 17.4. The van der Waals surface area contributed by atoms with Crippen molar-refractivity contribution in [3.05, 3.63) is 61.6 Å². The molecule has 2 aromatic carbocycles. The van der Waals surface area contributed by atoms with E-state index in [-0.39, 0.29) is 42.3 Å². The summed E-state index contributed by atoms with van der Waals surface area (Å²) in [6, 6.07) is 13.8. The van der Waals surface area contributed by atoms with E-state index in [0.717, 1.165) is 37.7 Å². The number of nitrogens with zero attached hydrogens (tertiary/aromatic N) is 2. The van der Waals surface area contributed by atoms with Crippen LogP contribution in [0.4, 0.5) is 5.69 Å². The molecule has 1 spiro atoms. The highest BCUT2D eigenvalue weighted by Gasteiger charge is 2.66. The molecule has 204 valence electrons. The first-order valence-electron chi connectivity index (χ1n) is 13.1. The Balaban J connectivity index is 1.53. The highest BCUT2D eigenvalue weighted by molar-refractivity contribution is 14.1. The number of aliphatic hydroxyl groups is 1. The Morgan fingerprint density at radius 1 is 1.24 bits per heavy atom. The molecule has 5 rings (SSSR count). The molecule has 2 amide bonds. The highest BCUT2D eigenvalue weighted by atomic mass is 127. The van der Waals surface area contributed by atoms with Crippen molar-refractivity contribution < 1.29 is 24.2 Å². The quantitative estimate of drug-likeness (QED) is 0.333. The Morgan fingerprint density at radius 3 is 2.61 bits per heavy atom. The fourth-order valence-electron chi connectivity index (χ4n) is 6.82. The first-order valence-corrected chi connectivity index (χ1v) is 18.0. The predicted octanol–water partition coefficient (Wildman–Crippen LogP) is 4.77. The van der Waals surface area contributed by atoms with E-state index in [4.69, 9.17) is 4.74 Å². The SMILES string of the molecule is C[C@H]1[C@H]([Si](C)(C)O)[C@@H](CC(=O)N2CCC[C@H]2CO)O[C@]12C(=O)N(Cc1ccc(I)cc1)c1ccc(Br)cc12. The van der Waals surface area contributed by atoms with Crippen LogP contribution in [0, 0.1) is 9.49 Å². The van der Waals surface area contributed by atoms with Gasteiger partial charge in [-0.05, 0) is 84.4 Å². The first-order chi connectivity index (χ1) is 18.0. The van der Waals surface area contributed by atoms with Gasteiger partial charge in [-0.25, -0.2) is 0 Å². The number of amides is 2. The van der Waals surface area contributed by atoms with Gasteiger partial charge in [0.2, 0.25) is 5.91 Å². The van der Waals surface area contributed by atoms with E-state index in [0.29, 0.717) is 13.1 Å². The average Bonchev–Trinajstić information content (AvgIpc) is 3.51. The first kappa shape index (κ1) is 28.2. The maximum absolute atomic E-state index is 14.4. The van der Waals surface area contributed by atoms with Crippen LogP contribution in [0.3, 0.4) is 0 Å². The maximum atomic E-state index is 14.4. The number of carbonyl (C=O) groups excluding carboxylic acids is 2. The molecule has 2 saturated heterocycles. The standard InChI is InChI=1S/C28H34BrIN2O5Si/c1-17-26(38(2,3)36)24(14-25(34)31-12-4-5-21(31)16-33)37-28(17)22-13-19(29)8-11-23(22)32(27(28)35)15-18-6-9-20(30)10-7-18/h6-11,13,17,21,24,26,33,36H,4-5,12,14-16H2,1-3H3/t17-,21-,24+,26-,28+/m0/s1. The summed E-state index contributed by atoms with van der Waals surface area (Å²) in [6.45, 7) is 6.68. The Morgan fingerprint density at radius 2 is 1.95 bits per heavy atom. The lowest BCUT2D eigenvalue weighted by Gasteiger charge is -2.32. The van der Waals surface area contributed by atoms with Crippen LogP contribution in [-0.4, -0.2) is 60.2 Å². The Bertz CT molecular complexity index is 1240. The zero-order valence-corrected chi connectivity index (χ0v) is 26.6. The van der Waals surface area contributed by atoms with Gasteiger partial charge < -0.3 is 24.4 Å². The number of fused-ring (bicyclic) bond motifs is 2. The van der Waals surface area contributed by atoms with Crippen molar-refractivity contribution in [3.8, 4) is 0 Å². The van der Waals surface area contributed by atoms with Crippen LogP contribution in [0.5, 0.6) is 0 Å². The number of benzene rings is 2. The number of rotatable bonds is 6. The van der Waals surface area contributed by atoms with E-state index in [1.165, 1.54) is 0 Å². The molecule has 2 N–H and O–H groups in total. The maximum Gasteiger partial charge on any atom is 0.264 e. The molecule has 0 aliphatic carbocycles. The van der Waals surface area contributed by atoms with Crippen LogP contribution in [0.1, 0.15) is 37.3 Å². The van der Waals surface area contributed by atoms with Gasteiger partial charge in [0, 0.05) is 31.6 Å². The molecular formula is C28H34BrIN2O5Si. The van der Waals surface area contributed by atoms with Gasteiger partial charge in [0.15, 0.2) is 13.9 Å². The van der Waals surface area contributed by atoms with Crippen LogP contribution in [-0.2, 0) is 26.5 Å². The molecule has 3 heterocycles. The molecule has 0 bridgehead atoms. The fraction of sp³-hybridized carbons (Fsp3) is 0.500. The van der Waals surface area contributed by atoms with Crippen LogP contribution in [0.15, 0.2) is 46.9 Å². The fourth-order valence-corrected chi connectivity index (χ4v) is 10.1. The minimum absolute atomic E-state index is 0.0609. The number of anilines is 1. The van der Waals surface area contributed by atoms with Gasteiger partial charge >= 0.3 is 0 Å². The predicted molar refractivity (Wildman–Crippen MR) is 160 cm³/mol. The van der Waals surface area contributed by atoms with Crippen LogP contribution in [0.2, 0.25) is 18.6 Å². The molecular weight excluding hydrogens is 679 g/mol. The largest absolute Gasteiger partial charge is 0.432 e. The third-order valence-electron chi connectivity index (χ3n) is 8.48. The molecule has 2 fully saturated rings. The Labute approximate surface area is 246 Å². The van der Waals surface area contributed by atoms with E-state index in [1.807, 2.05) is 62.5 Å². The third-order valence-corrected chi connectivity index (χ3v) is 12.2. The number of ether oxygens (including phenoxy) is 1. The molecule has 7 nitrogen and oxygen atoms in total. The number of likely N-dealkylation sites (tertiary alicyclic amines) is 1. The normalized spacial score (nSPS) is 29.0. The van der Waals surface area contributed by atoms with Gasteiger partial charge in [-0.1, -0.05) is 35.0 Å². The van der Waals surface area contributed by atoms with Crippen molar-refractivity contribution in [2.75, 3.05) is 18.1 Å². The van der Waals surface area contributed by atoms with Crippen LogP contribution in [0.25, 0.3) is 0 Å². The summed E-state index contributed by atoms with van der Waals surface area (Å²) in [5.74, 6) is -0.569. The van der Waals surface area contributed by atoms with Gasteiger partial charge in [-0.2, -0.15) is 0 Å². The van der Waals surface area contributed by atoms with Crippen molar-refractivity contribution in [1.82, 2.24) is 4.90 Å². The van der Waals surface area contributed by atoms with Gasteiger partial charge in [-0.3, -0.25) is 9.59 Å². The van der Waals surface area contributed by atoms with Crippen molar-refractivity contribution in [3.63, 3.8) is 0 Å². The van der Waals surface area contributed by atoms with E-state index >= 15 is 0 Å². The lowest BCUT2D eigenvalue weighted by atomic mass is 9.82. The van der Waals surface area contributed by atoms with Crippen molar-refractivity contribution in [2.24, 2.45) is 5.92 Å². The number of hydrogen-bond donors (Lipinski definition) is 2. The summed E-state index contributed by atoms with van der Waals surface area (Å²) in [7, 11) is -2.87. The molecule has 3 aliphatic rings. The molecule has 5 atom stereocenters. The van der Waals surface area contributed by atoms with Gasteiger partial charge in [-0.15, -0.1) is 0 Å². The number of aliphatic hydroxyl groups excluding tert-OH is 1. The lowest BCUT2D eigenvalue weighted by Crippen LogP contribution is -2.46. The van der Waals surface area contributed by atoms with Crippen molar-refractivity contribution in [2.45, 2.75) is 69.1 Å². The molecule has 3 aliphatic heterocycles. The van der Waals surface area contributed by atoms with E-state index < -0.39 is 20.0 Å². The highest BCUT2D eigenvalue weighted by Crippen LogP contribution is 2.60. The minimum Gasteiger partial charge on any atom is -0.432 e. The topological polar surface area (TPSA) is 90.3 Å². The second-order valence-electron chi connectivity index (χ2n) is 11.3. The van der Waals surface area contributed by atoms with Crippen molar-refractivity contribution >= 4 is 64.3 Å². The number of halogens is 2. The third kappa shape index (κ3) is 4.79. The van der Waals surface area contributed by atoms with E-state index in [1.54, 1.807) is 9.80 Å². The molecule has 0 aromatic heterocycles. The molecule has 10 heteroatoms. The minimum atomic E-state index is -2.87. The molecule has 2 aromatic rings. The summed E-state index contributed by atoms with van der Waals surface area (Å²) >= 11 is 5.85. The monoisotopic (exact) mass is 712 g/mol. The van der Waals surface area contributed by atoms with Crippen LogP contribution < -0.4 is 4.90 Å². The summed E-state index contributed by atoms with van der Waals surface area (Å²) in [5, 5.41) is 9.76. The van der Waals surface area contributed by atoms with Gasteiger partial charge in [0.1, 0.15) is 0 Å². The zero-order valence-electron chi connectivity index (χ0n) is 21.9. The van der Waals surface area contributed by atoms with Gasteiger partial charge in [0.25, 0.3) is 5.91 Å².